The molecule has 2 aromatic carbocycles. The molecule has 0 saturated heterocycles. The molecule has 0 heterocycles. The zero-order valence-corrected chi connectivity index (χ0v) is 15.0. The van der Waals surface area contributed by atoms with Gasteiger partial charge in [-0.15, -0.1) is 0 Å². The molecule has 0 aliphatic rings. The van der Waals surface area contributed by atoms with Crippen LogP contribution in [-0.2, 0) is 14.3 Å². The van der Waals surface area contributed by atoms with Crippen LogP contribution < -0.4 is 14.4 Å². The molecule has 0 aliphatic carbocycles. The third-order valence-electron chi connectivity index (χ3n) is 3.59. The maximum absolute atomic E-state index is 12.7. The predicted octanol–water partition coefficient (Wildman–Crippen LogP) is 2.84. The van der Waals surface area contributed by atoms with Crippen LogP contribution >= 0.6 is 0 Å². The van der Waals surface area contributed by atoms with Crippen LogP contribution in [0.25, 0.3) is 0 Å². The molecule has 1 amide bonds. The molecule has 0 bridgehead atoms. The van der Waals surface area contributed by atoms with Crippen LogP contribution in [-0.4, -0.2) is 37.6 Å². The van der Waals surface area contributed by atoms with Crippen molar-refractivity contribution in [1.29, 1.82) is 0 Å². The van der Waals surface area contributed by atoms with E-state index in [0.717, 1.165) is 11.0 Å². The Labute approximate surface area is 155 Å². The Bertz CT molecular complexity index is 852. The number of benzene rings is 2. The third-order valence-corrected chi connectivity index (χ3v) is 3.59. The topological polar surface area (TPSA) is 108 Å². The molecule has 142 valence electrons. The first-order chi connectivity index (χ1) is 12.9. The van der Waals surface area contributed by atoms with Gasteiger partial charge in [-0.25, -0.2) is 4.79 Å². The average Bonchev–Trinajstić information content (AvgIpc) is 2.68. The summed E-state index contributed by atoms with van der Waals surface area (Å²) in [6.07, 6.45) is 0. The number of ether oxygens (including phenoxy) is 3. The number of nitro groups is 1. The van der Waals surface area contributed by atoms with Gasteiger partial charge in [0.05, 0.1) is 37.5 Å². The molecule has 9 nitrogen and oxygen atoms in total. The molecule has 2 rings (SSSR count). The van der Waals surface area contributed by atoms with Gasteiger partial charge in [-0.2, -0.15) is 0 Å². The molecule has 2 aromatic rings. The van der Waals surface area contributed by atoms with Gasteiger partial charge in [0.2, 0.25) is 0 Å². The summed E-state index contributed by atoms with van der Waals surface area (Å²) in [5.74, 6) is -2.12. The summed E-state index contributed by atoms with van der Waals surface area (Å²) in [5.41, 5.74) is 0.114. The summed E-state index contributed by atoms with van der Waals surface area (Å²) < 4.78 is 15.1. The highest BCUT2D eigenvalue weighted by molar-refractivity contribution is 6.40. The predicted molar refractivity (Wildman–Crippen MR) is 96.4 cm³/mol. The summed E-state index contributed by atoms with van der Waals surface area (Å²) in [5, 5.41) is 11.2. The third kappa shape index (κ3) is 4.14. The first kappa shape index (κ1) is 19.7. The molecular formula is C18H18N2O7. The van der Waals surface area contributed by atoms with E-state index in [2.05, 4.69) is 0 Å². The van der Waals surface area contributed by atoms with Crippen LogP contribution in [0.3, 0.4) is 0 Å². The lowest BCUT2D eigenvalue weighted by Gasteiger charge is -2.24. The number of amides is 1. The van der Waals surface area contributed by atoms with Crippen LogP contribution in [0.5, 0.6) is 11.5 Å². The second-order valence-electron chi connectivity index (χ2n) is 5.15. The van der Waals surface area contributed by atoms with Crippen LogP contribution in [0.15, 0.2) is 42.5 Å². The van der Waals surface area contributed by atoms with Crippen molar-refractivity contribution in [2.24, 2.45) is 0 Å². The van der Waals surface area contributed by atoms with Gasteiger partial charge < -0.3 is 14.2 Å². The van der Waals surface area contributed by atoms with Crippen molar-refractivity contribution in [2.45, 2.75) is 6.92 Å². The van der Waals surface area contributed by atoms with E-state index in [1.54, 1.807) is 37.3 Å². The number of methoxy groups -OCH3 is 2. The van der Waals surface area contributed by atoms with E-state index in [9.17, 15) is 19.7 Å². The van der Waals surface area contributed by atoms with Gasteiger partial charge in [0.1, 0.15) is 5.75 Å². The zero-order chi connectivity index (χ0) is 20.0. The molecule has 9 heteroatoms. The lowest BCUT2D eigenvalue weighted by Crippen LogP contribution is -2.34. The van der Waals surface area contributed by atoms with Crippen LogP contribution in [0.4, 0.5) is 17.1 Å². The smallest absolute Gasteiger partial charge is 0.397 e. The van der Waals surface area contributed by atoms with Gasteiger partial charge in [-0.1, -0.05) is 18.2 Å². The molecule has 0 radical (unpaired) electrons. The summed E-state index contributed by atoms with van der Waals surface area (Å²) in [7, 11) is 2.56. The first-order valence-corrected chi connectivity index (χ1v) is 7.91. The van der Waals surface area contributed by atoms with E-state index in [1.807, 2.05) is 0 Å². The van der Waals surface area contributed by atoms with Gasteiger partial charge in [-0.05, 0) is 19.1 Å². The van der Waals surface area contributed by atoms with Crippen molar-refractivity contribution < 1.29 is 28.7 Å². The first-order valence-electron chi connectivity index (χ1n) is 7.91. The fourth-order valence-corrected chi connectivity index (χ4v) is 2.41. The number of rotatable bonds is 6. The molecule has 0 N–H and O–H groups in total. The van der Waals surface area contributed by atoms with Crippen molar-refractivity contribution in [1.82, 2.24) is 0 Å². The maximum Gasteiger partial charge on any atom is 0.397 e. The Morgan fingerprint density at radius 1 is 1.07 bits per heavy atom. The average molecular weight is 374 g/mol. The summed E-state index contributed by atoms with van der Waals surface area (Å²) in [6.45, 7) is 1.60. The fourth-order valence-electron chi connectivity index (χ4n) is 2.41. The Hall–Kier alpha value is -3.62. The standard InChI is InChI=1S/C18H18N2O7/c1-4-27-18(22)17(21)19(12-8-6-5-7-9-12)13-10-16(26-3)14(20(23)24)11-15(13)25-2/h5-11H,4H2,1-3H3. The lowest BCUT2D eigenvalue weighted by atomic mass is 10.2. The molecule has 0 unspecified atom stereocenters. The minimum atomic E-state index is -1.07. The second-order valence-corrected chi connectivity index (χ2v) is 5.15. The summed E-state index contributed by atoms with van der Waals surface area (Å²) >= 11 is 0. The van der Waals surface area contributed by atoms with Gasteiger partial charge in [0.25, 0.3) is 0 Å². The number of carbonyl (C=O) groups excluding carboxylic acids is 2. The van der Waals surface area contributed by atoms with Crippen LogP contribution in [0.1, 0.15) is 6.92 Å². The van der Waals surface area contributed by atoms with E-state index < -0.39 is 16.8 Å². The molecule has 0 saturated carbocycles. The summed E-state index contributed by atoms with van der Waals surface area (Å²) in [6, 6.07) is 10.7. The number of nitro benzene ring substituents is 1. The monoisotopic (exact) mass is 374 g/mol. The highest BCUT2D eigenvalue weighted by Gasteiger charge is 2.31. The molecule has 0 fully saturated rings. The zero-order valence-electron chi connectivity index (χ0n) is 15.0. The molecule has 27 heavy (non-hydrogen) atoms. The van der Waals surface area contributed by atoms with Gasteiger partial charge in [0, 0.05) is 11.8 Å². The Morgan fingerprint density at radius 2 is 1.70 bits per heavy atom. The Balaban J connectivity index is 2.70. The maximum atomic E-state index is 12.7. The number of para-hydroxylation sites is 1. The molecular weight excluding hydrogens is 356 g/mol. The van der Waals surface area contributed by atoms with E-state index in [4.69, 9.17) is 14.2 Å². The van der Waals surface area contributed by atoms with Crippen molar-refractivity contribution in [2.75, 3.05) is 25.7 Å². The van der Waals surface area contributed by atoms with Crippen molar-refractivity contribution >= 4 is 28.9 Å². The minimum absolute atomic E-state index is 0.0176. The minimum Gasteiger partial charge on any atom is -0.494 e. The largest absolute Gasteiger partial charge is 0.494 e. The number of hydrogen-bond acceptors (Lipinski definition) is 7. The van der Waals surface area contributed by atoms with Crippen LogP contribution in [0, 0.1) is 10.1 Å². The quantitative estimate of drug-likeness (QED) is 0.331. The second kappa shape index (κ2) is 8.65. The number of esters is 1. The van der Waals surface area contributed by atoms with Gasteiger partial charge in [-0.3, -0.25) is 19.8 Å². The number of anilines is 2. The lowest BCUT2D eigenvalue weighted by molar-refractivity contribution is -0.385. The van der Waals surface area contributed by atoms with Crippen molar-refractivity contribution in [3.05, 3.63) is 52.6 Å². The van der Waals surface area contributed by atoms with Crippen molar-refractivity contribution in [3.8, 4) is 11.5 Å². The van der Waals surface area contributed by atoms with E-state index >= 15 is 0 Å². The highest BCUT2D eigenvalue weighted by atomic mass is 16.6. The molecule has 0 spiro atoms. The summed E-state index contributed by atoms with van der Waals surface area (Å²) in [4.78, 5) is 36.5. The number of hydrogen-bond donors (Lipinski definition) is 0. The van der Waals surface area contributed by atoms with Gasteiger partial charge >= 0.3 is 17.6 Å². The Kier molecular flexibility index (Phi) is 6.32. The molecule has 0 aromatic heterocycles. The van der Waals surface area contributed by atoms with E-state index in [1.165, 1.54) is 20.3 Å². The van der Waals surface area contributed by atoms with Crippen molar-refractivity contribution in [3.63, 3.8) is 0 Å². The highest BCUT2D eigenvalue weighted by Crippen LogP contribution is 2.42. The number of nitrogens with zero attached hydrogens (tertiary/aromatic N) is 2. The number of carbonyl (C=O) groups is 2. The molecule has 0 aliphatic heterocycles. The Morgan fingerprint density at radius 3 is 2.22 bits per heavy atom. The fraction of sp³-hybridized carbons (Fsp3) is 0.222. The van der Waals surface area contributed by atoms with E-state index in [0.29, 0.717) is 5.69 Å². The SMILES string of the molecule is CCOC(=O)C(=O)N(c1ccccc1)c1cc(OC)c([N+](=O)[O-])cc1OC. The molecule has 0 atom stereocenters. The normalized spacial score (nSPS) is 10.0. The van der Waals surface area contributed by atoms with Gasteiger partial charge in [0.15, 0.2) is 5.75 Å². The van der Waals surface area contributed by atoms with Crippen LogP contribution in [0.2, 0.25) is 0 Å². The van der Waals surface area contributed by atoms with E-state index in [-0.39, 0.29) is 29.5 Å².